The van der Waals surface area contributed by atoms with Crippen molar-refractivity contribution in [1.82, 2.24) is 9.88 Å². The van der Waals surface area contributed by atoms with E-state index < -0.39 is 0 Å². The largest absolute Gasteiger partial charge is 0.299 e. The van der Waals surface area contributed by atoms with Crippen LogP contribution in [0.3, 0.4) is 0 Å². The first kappa shape index (κ1) is 11.1. The molecule has 0 aliphatic carbocycles. The maximum absolute atomic E-state index is 9.05. The zero-order valence-electron chi connectivity index (χ0n) is 9.69. The molecule has 1 aliphatic heterocycles. The lowest BCUT2D eigenvalue weighted by Crippen LogP contribution is -2.37. The minimum Gasteiger partial charge on any atom is -0.299 e. The van der Waals surface area contributed by atoms with Crippen molar-refractivity contribution in [3.8, 4) is 6.07 Å². The smallest absolute Gasteiger partial charge is 0.0687 e. The molecule has 1 aromatic rings. The number of hydrogen-bond acceptors (Lipinski definition) is 3. The van der Waals surface area contributed by atoms with Crippen LogP contribution in [0.15, 0.2) is 24.5 Å². The number of nitriles is 1. The molecule has 16 heavy (non-hydrogen) atoms. The second-order valence-electron chi connectivity index (χ2n) is 4.80. The quantitative estimate of drug-likeness (QED) is 0.759. The predicted molar refractivity (Wildman–Crippen MR) is 62.5 cm³/mol. The van der Waals surface area contributed by atoms with Gasteiger partial charge < -0.3 is 0 Å². The molecule has 0 saturated carbocycles. The Morgan fingerprint density at radius 1 is 1.38 bits per heavy atom. The molecule has 3 heteroatoms. The molecule has 2 rings (SSSR count). The number of piperidine rings is 1. The molecule has 0 aromatic carbocycles. The van der Waals surface area contributed by atoms with E-state index in [9.17, 15) is 0 Å². The molecule has 1 aromatic heterocycles. The van der Waals surface area contributed by atoms with Crippen molar-refractivity contribution in [1.29, 1.82) is 5.26 Å². The summed E-state index contributed by atoms with van der Waals surface area (Å²) in [5, 5.41) is 9.05. The zero-order chi connectivity index (χ0) is 11.4. The summed E-state index contributed by atoms with van der Waals surface area (Å²) in [5.41, 5.74) is 1.20. The first-order chi connectivity index (χ1) is 7.72. The number of aromatic nitrogens is 1. The molecule has 0 N–H and O–H groups in total. The Morgan fingerprint density at radius 3 is 2.56 bits per heavy atom. The normalized spacial score (nSPS) is 20.2. The van der Waals surface area contributed by atoms with E-state index in [-0.39, 0.29) is 5.41 Å². The van der Waals surface area contributed by atoms with Crippen LogP contribution in [0, 0.1) is 16.7 Å². The molecule has 0 atom stereocenters. The van der Waals surface area contributed by atoms with E-state index in [1.54, 1.807) is 0 Å². The molecule has 0 amide bonds. The second kappa shape index (κ2) is 4.63. The van der Waals surface area contributed by atoms with Gasteiger partial charge in [-0.15, -0.1) is 0 Å². The number of pyridine rings is 1. The van der Waals surface area contributed by atoms with Crippen molar-refractivity contribution in [3.63, 3.8) is 0 Å². The molecule has 0 bridgehead atoms. The third-order valence-electron chi connectivity index (χ3n) is 3.39. The Hall–Kier alpha value is -1.40. The minimum absolute atomic E-state index is 0.102. The molecule has 0 radical (unpaired) electrons. The third kappa shape index (κ3) is 2.59. The van der Waals surface area contributed by atoms with Crippen molar-refractivity contribution < 1.29 is 0 Å². The molecule has 1 aliphatic rings. The Morgan fingerprint density at radius 2 is 2.00 bits per heavy atom. The molecule has 0 spiro atoms. The van der Waals surface area contributed by atoms with Gasteiger partial charge >= 0.3 is 0 Å². The van der Waals surface area contributed by atoms with Gasteiger partial charge in [0.2, 0.25) is 0 Å². The fourth-order valence-electron chi connectivity index (χ4n) is 2.06. The van der Waals surface area contributed by atoms with E-state index in [0.717, 1.165) is 32.5 Å². The maximum Gasteiger partial charge on any atom is 0.0687 e. The van der Waals surface area contributed by atoms with Gasteiger partial charge in [0.05, 0.1) is 11.5 Å². The second-order valence-corrected chi connectivity index (χ2v) is 4.80. The molecular formula is C13H17N3. The summed E-state index contributed by atoms with van der Waals surface area (Å²) in [6.07, 6.45) is 5.63. The van der Waals surface area contributed by atoms with Crippen LogP contribution in [0.25, 0.3) is 0 Å². The van der Waals surface area contributed by atoms with Crippen molar-refractivity contribution in [2.24, 2.45) is 5.41 Å². The summed E-state index contributed by atoms with van der Waals surface area (Å²) in [7, 11) is 0. The fraction of sp³-hybridized carbons (Fsp3) is 0.538. The number of hydrogen-bond donors (Lipinski definition) is 0. The highest BCUT2D eigenvalue weighted by Gasteiger charge is 2.29. The summed E-state index contributed by atoms with van der Waals surface area (Å²) in [6, 6.07) is 6.54. The maximum atomic E-state index is 9.05. The highest BCUT2D eigenvalue weighted by atomic mass is 15.1. The van der Waals surface area contributed by atoms with Crippen LogP contribution in [0.4, 0.5) is 0 Å². The molecule has 1 fully saturated rings. The van der Waals surface area contributed by atoms with E-state index in [0.29, 0.717) is 0 Å². The third-order valence-corrected chi connectivity index (χ3v) is 3.39. The zero-order valence-corrected chi connectivity index (χ0v) is 9.69. The van der Waals surface area contributed by atoms with E-state index in [2.05, 4.69) is 35.0 Å². The predicted octanol–water partition coefficient (Wildman–Crippen LogP) is 2.21. The summed E-state index contributed by atoms with van der Waals surface area (Å²) < 4.78 is 0. The van der Waals surface area contributed by atoms with Crippen molar-refractivity contribution in [2.75, 3.05) is 13.1 Å². The Balaban J connectivity index is 1.89. The summed E-state index contributed by atoms with van der Waals surface area (Å²) in [5.74, 6) is 0. The van der Waals surface area contributed by atoms with Crippen LogP contribution < -0.4 is 0 Å². The summed E-state index contributed by atoms with van der Waals surface area (Å²) in [4.78, 5) is 6.42. The van der Waals surface area contributed by atoms with E-state index in [4.69, 9.17) is 5.26 Å². The number of rotatable bonds is 2. The van der Waals surface area contributed by atoms with Crippen molar-refractivity contribution in [3.05, 3.63) is 30.1 Å². The monoisotopic (exact) mass is 215 g/mol. The number of nitrogens with zero attached hydrogens (tertiary/aromatic N) is 3. The van der Waals surface area contributed by atoms with Crippen LogP contribution in [0.2, 0.25) is 0 Å². The van der Waals surface area contributed by atoms with Crippen LogP contribution in [-0.4, -0.2) is 23.0 Å². The Labute approximate surface area is 96.7 Å². The summed E-state index contributed by atoms with van der Waals surface area (Å²) >= 11 is 0. The van der Waals surface area contributed by atoms with Gasteiger partial charge in [-0.2, -0.15) is 5.26 Å². The van der Waals surface area contributed by atoms with Gasteiger partial charge in [-0.1, -0.05) is 0 Å². The lowest BCUT2D eigenvalue weighted by molar-refractivity contribution is 0.150. The topological polar surface area (TPSA) is 39.9 Å². The first-order valence-corrected chi connectivity index (χ1v) is 5.74. The lowest BCUT2D eigenvalue weighted by atomic mass is 9.82. The standard InChI is InChI=1S/C13H17N3/c1-13(11-14)4-8-16(9-5-13)10-12-2-6-15-7-3-12/h2-3,6-7H,4-5,8-10H2,1H3. The molecule has 2 heterocycles. The first-order valence-electron chi connectivity index (χ1n) is 5.74. The highest BCUT2D eigenvalue weighted by molar-refractivity contribution is 5.10. The molecule has 3 nitrogen and oxygen atoms in total. The highest BCUT2D eigenvalue weighted by Crippen LogP contribution is 2.30. The van der Waals surface area contributed by atoms with Gasteiger partial charge in [-0.25, -0.2) is 0 Å². The van der Waals surface area contributed by atoms with E-state index in [1.807, 2.05) is 12.4 Å². The Kier molecular flexibility index (Phi) is 3.21. The average Bonchev–Trinajstić information content (AvgIpc) is 2.34. The van der Waals surface area contributed by atoms with Crippen LogP contribution in [-0.2, 0) is 6.54 Å². The minimum atomic E-state index is -0.102. The molecule has 84 valence electrons. The Bertz CT molecular complexity index is 372. The summed E-state index contributed by atoms with van der Waals surface area (Å²) in [6.45, 7) is 5.08. The molecular weight excluding hydrogens is 198 g/mol. The SMILES string of the molecule is CC1(C#N)CCN(Cc2ccncc2)CC1. The van der Waals surface area contributed by atoms with Gasteiger partial charge in [0, 0.05) is 18.9 Å². The molecule has 1 saturated heterocycles. The van der Waals surface area contributed by atoms with Gasteiger partial charge in [-0.05, 0) is 50.6 Å². The fourth-order valence-corrected chi connectivity index (χ4v) is 2.06. The van der Waals surface area contributed by atoms with E-state index in [1.165, 1.54) is 5.56 Å². The van der Waals surface area contributed by atoms with Crippen molar-refractivity contribution >= 4 is 0 Å². The van der Waals surface area contributed by atoms with E-state index >= 15 is 0 Å². The lowest BCUT2D eigenvalue weighted by Gasteiger charge is -2.34. The van der Waals surface area contributed by atoms with Gasteiger partial charge in [0.1, 0.15) is 0 Å². The van der Waals surface area contributed by atoms with Gasteiger partial charge in [0.25, 0.3) is 0 Å². The van der Waals surface area contributed by atoms with Gasteiger partial charge in [-0.3, -0.25) is 9.88 Å². The average molecular weight is 215 g/mol. The van der Waals surface area contributed by atoms with Crippen LogP contribution >= 0.6 is 0 Å². The van der Waals surface area contributed by atoms with Crippen molar-refractivity contribution in [2.45, 2.75) is 26.3 Å². The molecule has 0 unspecified atom stereocenters. The van der Waals surface area contributed by atoms with Crippen LogP contribution in [0.5, 0.6) is 0 Å². The number of likely N-dealkylation sites (tertiary alicyclic amines) is 1. The van der Waals surface area contributed by atoms with Crippen LogP contribution in [0.1, 0.15) is 25.3 Å². The van der Waals surface area contributed by atoms with Gasteiger partial charge in [0.15, 0.2) is 0 Å².